The molecule has 2 aromatic rings. The predicted molar refractivity (Wildman–Crippen MR) is 97.1 cm³/mol. The second kappa shape index (κ2) is 8.13. The van der Waals surface area contributed by atoms with Gasteiger partial charge in [-0.3, -0.25) is 9.10 Å². The van der Waals surface area contributed by atoms with Crippen LogP contribution in [0.15, 0.2) is 59.5 Å². The van der Waals surface area contributed by atoms with Crippen molar-refractivity contribution >= 4 is 21.6 Å². The number of para-hydroxylation sites is 1. The van der Waals surface area contributed by atoms with Gasteiger partial charge in [-0.2, -0.15) is 0 Å². The first kappa shape index (κ1) is 19.0. The normalized spacial score (nSPS) is 11.2. The fourth-order valence-corrected chi connectivity index (χ4v) is 3.67. The second-order valence-corrected chi connectivity index (χ2v) is 7.41. The standard InChI is InChI=1S/C18H22N2O4S/c1-3-20(12-13-21)18(22)15-8-7-11-17(14-15)25(23,24)19(2)16-9-5-4-6-10-16/h4-11,14,21H,3,12-13H2,1-2H3. The van der Waals surface area contributed by atoms with Gasteiger partial charge >= 0.3 is 0 Å². The van der Waals surface area contributed by atoms with Crippen molar-refractivity contribution in [3.05, 3.63) is 60.2 Å². The van der Waals surface area contributed by atoms with Crippen LogP contribution < -0.4 is 4.31 Å². The molecule has 0 bridgehead atoms. The van der Waals surface area contributed by atoms with E-state index in [1.54, 1.807) is 43.3 Å². The van der Waals surface area contributed by atoms with Gasteiger partial charge in [-0.15, -0.1) is 0 Å². The minimum atomic E-state index is -3.78. The summed E-state index contributed by atoms with van der Waals surface area (Å²) in [6.07, 6.45) is 0. The van der Waals surface area contributed by atoms with E-state index in [4.69, 9.17) is 5.11 Å². The number of aliphatic hydroxyl groups excluding tert-OH is 1. The Kier molecular flexibility index (Phi) is 6.17. The zero-order valence-corrected chi connectivity index (χ0v) is 15.1. The van der Waals surface area contributed by atoms with Crippen molar-refractivity contribution in [1.82, 2.24) is 4.90 Å². The van der Waals surface area contributed by atoms with Crippen molar-refractivity contribution < 1.29 is 18.3 Å². The summed E-state index contributed by atoms with van der Waals surface area (Å²) >= 11 is 0. The van der Waals surface area contributed by atoms with Gasteiger partial charge in [-0.1, -0.05) is 24.3 Å². The summed E-state index contributed by atoms with van der Waals surface area (Å²) in [5, 5.41) is 9.05. The van der Waals surface area contributed by atoms with Crippen molar-refractivity contribution in [1.29, 1.82) is 0 Å². The van der Waals surface area contributed by atoms with Crippen LogP contribution in [0.5, 0.6) is 0 Å². The largest absolute Gasteiger partial charge is 0.395 e. The molecule has 0 spiro atoms. The molecule has 1 amide bonds. The summed E-state index contributed by atoms with van der Waals surface area (Å²) in [6.45, 7) is 2.29. The average molecular weight is 362 g/mol. The molecule has 0 heterocycles. The zero-order chi connectivity index (χ0) is 18.4. The summed E-state index contributed by atoms with van der Waals surface area (Å²) in [5.41, 5.74) is 0.813. The van der Waals surface area contributed by atoms with E-state index in [9.17, 15) is 13.2 Å². The van der Waals surface area contributed by atoms with Crippen LogP contribution in [0.1, 0.15) is 17.3 Å². The third-order valence-corrected chi connectivity index (χ3v) is 5.68. The van der Waals surface area contributed by atoms with E-state index in [2.05, 4.69) is 0 Å². The number of hydrogen-bond acceptors (Lipinski definition) is 4. The summed E-state index contributed by atoms with van der Waals surface area (Å²) < 4.78 is 26.8. The summed E-state index contributed by atoms with van der Waals surface area (Å²) in [4.78, 5) is 14.0. The van der Waals surface area contributed by atoms with Crippen molar-refractivity contribution in [3.8, 4) is 0 Å². The Hall–Kier alpha value is -2.38. The lowest BCUT2D eigenvalue weighted by molar-refractivity contribution is 0.0731. The van der Waals surface area contributed by atoms with Crippen LogP contribution in [0.2, 0.25) is 0 Å². The van der Waals surface area contributed by atoms with E-state index in [0.717, 1.165) is 0 Å². The number of aliphatic hydroxyl groups is 1. The molecule has 0 unspecified atom stereocenters. The van der Waals surface area contributed by atoms with Crippen LogP contribution in [0.3, 0.4) is 0 Å². The smallest absolute Gasteiger partial charge is 0.264 e. The van der Waals surface area contributed by atoms with Crippen molar-refractivity contribution in [2.24, 2.45) is 0 Å². The monoisotopic (exact) mass is 362 g/mol. The number of carbonyl (C=O) groups is 1. The number of amides is 1. The highest BCUT2D eigenvalue weighted by Crippen LogP contribution is 2.22. The van der Waals surface area contributed by atoms with Crippen LogP contribution in [0.4, 0.5) is 5.69 Å². The number of rotatable bonds is 7. The quantitative estimate of drug-likeness (QED) is 0.817. The average Bonchev–Trinajstić information content (AvgIpc) is 2.65. The van der Waals surface area contributed by atoms with E-state index in [1.807, 2.05) is 6.07 Å². The maximum absolute atomic E-state index is 12.8. The van der Waals surface area contributed by atoms with Gasteiger partial charge in [-0.25, -0.2) is 8.42 Å². The molecule has 0 aliphatic rings. The van der Waals surface area contributed by atoms with Crippen LogP contribution in [0.25, 0.3) is 0 Å². The van der Waals surface area contributed by atoms with Gasteiger partial charge < -0.3 is 10.0 Å². The van der Waals surface area contributed by atoms with Gasteiger partial charge in [-0.05, 0) is 37.3 Å². The molecule has 6 nitrogen and oxygen atoms in total. The fourth-order valence-electron chi connectivity index (χ4n) is 2.43. The number of anilines is 1. The van der Waals surface area contributed by atoms with E-state index in [1.165, 1.54) is 28.4 Å². The number of benzene rings is 2. The Morgan fingerprint density at radius 3 is 2.36 bits per heavy atom. The van der Waals surface area contributed by atoms with Crippen molar-refractivity contribution in [2.45, 2.75) is 11.8 Å². The molecule has 0 fully saturated rings. The Labute approximate surface area is 148 Å². The molecule has 7 heteroatoms. The molecule has 0 radical (unpaired) electrons. The van der Waals surface area contributed by atoms with Crippen LogP contribution in [-0.2, 0) is 10.0 Å². The van der Waals surface area contributed by atoms with Crippen molar-refractivity contribution in [3.63, 3.8) is 0 Å². The SMILES string of the molecule is CCN(CCO)C(=O)c1cccc(S(=O)(=O)N(C)c2ccccc2)c1. The van der Waals surface area contributed by atoms with Gasteiger partial charge in [0.1, 0.15) is 0 Å². The number of hydrogen-bond donors (Lipinski definition) is 1. The number of sulfonamides is 1. The number of nitrogens with zero attached hydrogens (tertiary/aromatic N) is 2. The third kappa shape index (κ3) is 4.18. The molecule has 0 saturated heterocycles. The lowest BCUT2D eigenvalue weighted by Crippen LogP contribution is -2.33. The molecule has 134 valence electrons. The lowest BCUT2D eigenvalue weighted by Gasteiger charge is -2.21. The number of likely N-dealkylation sites (N-methyl/N-ethyl adjacent to an activating group) is 1. The minimum Gasteiger partial charge on any atom is -0.395 e. The maximum Gasteiger partial charge on any atom is 0.264 e. The predicted octanol–water partition coefficient (Wildman–Crippen LogP) is 1.97. The first-order valence-electron chi connectivity index (χ1n) is 7.96. The molecular weight excluding hydrogens is 340 g/mol. The summed E-state index contributed by atoms with van der Waals surface area (Å²) in [6, 6.07) is 14.7. The lowest BCUT2D eigenvalue weighted by atomic mass is 10.2. The highest BCUT2D eigenvalue weighted by molar-refractivity contribution is 7.92. The third-order valence-electron chi connectivity index (χ3n) is 3.90. The van der Waals surface area contributed by atoms with E-state index < -0.39 is 10.0 Å². The van der Waals surface area contributed by atoms with Gasteiger partial charge in [0.05, 0.1) is 17.2 Å². The van der Waals surface area contributed by atoms with Gasteiger partial charge in [0.25, 0.3) is 15.9 Å². The molecule has 25 heavy (non-hydrogen) atoms. The topological polar surface area (TPSA) is 77.9 Å². The molecule has 1 N–H and O–H groups in total. The minimum absolute atomic E-state index is 0.0461. The van der Waals surface area contributed by atoms with Crippen molar-refractivity contribution in [2.75, 3.05) is 31.0 Å². The molecule has 0 aliphatic carbocycles. The first-order valence-corrected chi connectivity index (χ1v) is 9.40. The highest BCUT2D eigenvalue weighted by Gasteiger charge is 2.23. The maximum atomic E-state index is 12.8. The molecule has 0 aromatic heterocycles. The Balaban J connectivity index is 2.36. The van der Waals surface area contributed by atoms with E-state index in [0.29, 0.717) is 12.2 Å². The Morgan fingerprint density at radius 2 is 1.76 bits per heavy atom. The highest BCUT2D eigenvalue weighted by atomic mass is 32.2. The van der Waals surface area contributed by atoms with Gasteiger partial charge in [0.15, 0.2) is 0 Å². The van der Waals surface area contributed by atoms with Gasteiger partial charge in [0, 0.05) is 25.7 Å². The zero-order valence-electron chi connectivity index (χ0n) is 14.3. The van der Waals surface area contributed by atoms with E-state index >= 15 is 0 Å². The summed E-state index contributed by atoms with van der Waals surface area (Å²) in [5.74, 6) is -0.309. The number of carbonyl (C=O) groups excluding carboxylic acids is 1. The Morgan fingerprint density at radius 1 is 1.08 bits per heavy atom. The second-order valence-electron chi connectivity index (χ2n) is 5.44. The van der Waals surface area contributed by atoms with Crippen LogP contribution >= 0.6 is 0 Å². The molecule has 2 rings (SSSR count). The molecule has 0 aliphatic heterocycles. The molecular formula is C18H22N2O4S. The van der Waals surface area contributed by atoms with E-state index in [-0.39, 0.29) is 29.5 Å². The van der Waals surface area contributed by atoms with Gasteiger partial charge in [0.2, 0.25) is 0 Å². The molecule has 2 aromatic carbocycles. The first-order chi connectivity index (χ1) is 11.9. The molecule has 0 saturated carbocycles. The molecule has 0 atom stereocenters. The van der Waals surface area contributed by atoms with Crippen LogP contribution in [0, 0.1) is 0 Å². The fraction of sp³-hybridized carbons (Fsp3) is 0.278. The summed E-state index contributed by atoms with van der Waals surface area (Å²) in [7, 11) is -2.30. The Bertz CT molecular complexity index is 822. The van der Waals surface area contributed by atoms with Crippen LogP contribution in [-0.4, -0.2) is 51.1 Å².